The molecule has 0 aliphatic carbocycles. The van der Waals surface area contributed by atoms with Gasteiger partial charge in [0.05, 0.1) is 6.54 Å². The fraction of sp³-hybridized carbons (Fsp3) is 0.429. The summed E-state index contributed by atoms with van der Waals surface area (Å²) in [5.74, 6) is 0.559. The zero-order valence-corrected chi connectivity index (χ0v) is 9.56. The number of likely N-dealkylation sites (tertiary alicyclic amines) is 1. The van der Waals surface area contributed by atoms with Crippen LogP contribution in [0.4, 0.5) is 0 Å². The maximum absolute atomic E-state index is 11.7. The summed E-state index contributed by atoms with van der Waals surface area (Å²) in [7, 11) is 0. The van der Waals surface area contributed by atoms with Crippen LogP contribution in [0.1, 0.15) is 18.4 Å². The number of Topliss-reactive ketones (excluding diaryl/α,β-unsaturated/α-hetero) is 1. The first-order valence-corrected chi connectivity index (χ1v) is 5.88. The summed E-state index contributed by atoms with van der Waals surface area (Å²) >= 11 is 0. The molecule has 0 bridgehead atoms. The van der Waals surface area contributed by atoms with Crippen molar-refractivity contribution in [2.75, 3.05) is 13.1 Å². The lowest BCUT2D eigenvalue weighted by molar-refractivity contribution is -0.126. The van der Waals surface area contributed by atoms with Crippen LogP contribution in [0.15, 0.2) is 30.3 Å². The summed E-state index contributed by atoms with van der Waals surface area (Å²) in [4.78, 5) is 14.0. The summed E-state index contributed by atoms with van der Waals surface area (Å²) in [6.07, 6.45) is 1.72. The molecule has 1 heterocycles. The van der Waals surface area contributed by atoms with Crippen molar-refractivity contribution in [2.45, 2.75) is 19.4 Å². The fourth-order valence-electron chi connectivity index (χ4n) is 2.21. The Hall–Kier alpha value is -1.15. The topological polar surface area (TPSA) is 20.3 Å². The van der Waals surface area contributed by atoms with Gasteiger partial charge >= 0.3 is 0 Å². The molecule has 16 heavy (non-hydrogen) atoms. The lowest BCUT2D eigenvalue weighted by Gasteiger charge is -2.30. The van der Waals surface area contributed by atoms with Crippen LogP contribution in [0.3, 0.4) is 0 Å². The van der Waals surface area contributed by atoms with Crippen molar-refractivity contribution in [3.05, 3.63) is 42.8 Å². The number of nitrogens with zero attached hydrogens (tertiary/aromatic N) is 1. The minimum atomic E-state index is 0.201. The summed E-state index contributed by atoms with van der Waals surface area (Å²) in [6.45, 7) is 6.32. The van der Waals surface area contributed by atoms with Gasteiger partial charge in [0.1, 0.15) is 5.78 Å². The van der Waals surface area contributed by atoms with Crippen molar-refractivity contribution in [1.82, 2.24) is 4.90 Å². The van der Waals surface area contributed by atoms with E-state index >= 15 is 0 Å². The molecule has 0 amide bonds. The number of ketones is 1. The third-order valence-electron chi connectivity index (χ3n) is 3.23. The number of piperidine rings is 1. The van der Waals surface area contributed by atoms with Crippen molar-refractivity contribution >= 4 is 5.78 Å². The van der Waals surface area contributed by atoms with Crippen LogP contribution in [-0.2, 0) is 11.3 Å². The monoisotopic (exact) mass is 216 g/mol. The average Bonchev–Trinajstić information content (AvgIpc) is 2.31. The number of benzene rings is 1. The van der Waals surface area contributed by atoms with E-state index in [9.17, 15) is 4.79 Å². The van der Waals surface area contributed by atoms with Gasteiger partial charge in [0.25, 0.3) is 0 Å². The van der Waals surface area contributed by atoms with E-state index in [0.717, 1.165) is 25.9 Å². The Balaban J connectivity index is 1.91. The Morgan fingerprint density at radius 3 is 2.69 bits per heavy atom. The molecule has 1 unspecified atom stereocenters. The molecule has 1 aromatic carbocycles. The molecule has 2 rings (SSSR count). The molecule has 1 aliphatic rings. The Morgan fingerprint density at radius 1 is 1.31 bits per heavy atom. The first-order chi connectivity index (χ1) is 7.79. The normalized spacial score (nSPS) is 22.3. The van der Waals surface area contributed by atoms with Gasteiger partial charge in [-0.1, -0.05) is 37.3 Å². The molecule has 1 radical (unpaired) electrons. The number of carbonyl (C=O) groups is 1. The zero-order chi connectivity index (χ0) is 11.4. The summed E-state index contributed by atoms with van der Waals surface area (Å²) in [6, 6.07) is 10.3. The molecule has 0 spiro atoms. The van der Waals surface area contributed by atoms with E-state index < -0.39 is 0 Å². The van der Waals surface area contributed by atoms with Gasteiger partial charge in [-0.05, 0) is 24.9 Å². The molecule has 2 heteroatoms. The van der Waals surface area contributed by atoms with Gasteiger partial charge in [0, 0.05) is 12.5 Å². The van der Waals surface area contributed by atoms with E-state index in [1.165, 1.54) is 5.56 Å². The molecular formula is C14H18NO. The van der Waals surface area contributed by atoms with Crippen LogP contribution in [-0.4, -0.2) is 23.8 Å². The molecular weight excluding hydrogens is 198 g/mol. The summed E-state index contributed by atoms with van der Waals surface area (Å²) < 4.78 is 0. The Bertz CT molecular complexity index is 347. The molecule has 85 valence electrons. The quantitative estimate of drug-likeness (QED) is 0.772. The molecule has 0 saturated carbocycles. The maximum atomic E-state index is 11.7. The highest BCUT2D eigenvalue weighted by Gasteiger charge is 2.25. The number of carbonyl (C=O) groups excluding carboxylic acids is 1. The van der Waals surface area contributed by atoms with Gasteiger partial charge in [-0.2, -0.15) is 0 Å². The van der Waals surface area contributed by atoms with Crippen molar-refractivity contribution in [2.24, 2.45) is 5.92 Å². The SMILES string of the molecule is [CH2]CC1CCN(Cc2ccccc2)CC1=O. The first-order valence-electron chi connectivity index (χ1n) is 5.88. The van der Waals surface area contributed by atoms with Gasteiger partial charge in [-0.3, -0.25) is 9.69 Å². The second-order valence-corrected chi connectivity index (χ2v) is 4.44. The smallest absolute Gasteiger partial charge is 0.149 e. The molecule has 2 nitrogen and oxygen atoms in total. The molecule has 1 aliphatic heterocycles. The predicted octanol–water partition coefficient (Wildman–Crippen LogP) is 2.30. The average molecular weight is 216 g/mol. The van der Waals surface area contributed by atoms with Crippen LogP contribution >= 0.6 is 0 Å². The van der Waals surface area contributed by atoms with Gasteiger partial charge in [0.15, 0.2) is 0 Å². The standard InChI is InChI=1S/C14H18NO/c1-2-13-8-9-15(11-14(13)16)10-12-6-4-3-5-7-12/h3-7,13H,1-2,8-11H2. The van der Waals surface area contributed by atoms with E-state index in [-0.39, 0.29) is 5.92 Å². The fourth-order valence-corrected chi connectivity index (χ4v) is 2.21. The highest BCUT2D eigenvalue weighted by Crippen LogP contribution is 2.18. The lowest BCUT2D eigenvalue weighted by atomic mass is 9.93. The summed E-state index contributed by atoms with van der Waals surface area (Å²) in [5.41, 5.74) is 1.28. The number of hydrogen-bond acceptors (Lipinski definition) is 2. The third-order valence-corrected chi connectivity index (χ3v) is 3.23. The molecule has 1 fully saturated rings. The second kappa shape index (κ2) is 5.26. The first kappa shape index (κ1) is 11.3. The van der Waals surface area contributed by atoms with Gasteiger partial charge in [-0.15, -0.1) is 0 Å². The van der Waals surface area contributed by atoms with Crippen molar-refractivity contribution in [3.63, 3.8) is 0 Å². The van der Waals surface area contributed by atoms with Crippen molar-refractivity contribution < 1.29 is 4.79 Å². The van der Waals surface area contributed by atoms with Crippen LogP contribution in [0.5, 0.6) is 0 Å². The largest absolute Gasteiger partial charge is 0.298 e. The Kier molecular flexibility index (Phi) is 3.73. The van der Waals surface area contributed by atoms with Gasteiger partial charge in [0.2, 0.25) is 0 Å². The van der Waals surface area contributed by atoms with Crippen molar-refractivity contribution in [3.8, 4) is 0 Å². The minimum Gasteiger partial charge on any atom is -0.298 e. The highest BCUT2D eigenvalue weighted by atomic mass is 16.1. The molecule has 1 saturated heterocycles. The summed E-state index contributed by atoms with van der Waals surface area (Å²) in [5, 5.41) is 0. The Labute approximate surface area is 97.3 Å². The minimum absolute atomic E-state index is 0.201. The van der Waals surface area contributed by atoms with Crippen molar-refractivity contribution in [1.29, 1.82) is 0 Å². The zero-order valence-electron chi connectivity index (χ0n) is 9.56. The molecule has 1 aromatic rings. The van der Waals surface area contributed by atoms with E-state index in [2.05, 4.69) is 24.0 Å². The second-order valence-electron chi connectivity index (χ2n) is 4.44. The van der Waals surface area contributed by atoms with Gasteiger partial charge < -0.3 is 0 Å². The molecule has 1 atom stereocenters. The highest BCUT2D eigenvalue weighted by molar-refractivity contribution is 5.83. The maximum Gasteiger partial charge on any atom is 0.149 e. The lowest BCUT2D eigenvalue weighted by Crippen LogP contribution is -2.40. The molecule has 0 aromatic heterocycles. The van der Waals surface area contributed by atoms with Crippen LogP contribution in [0.25, 0.3) is 0 Å². The van der Waals surface area contributed by atoms with E-state index in [1.54, 1.807) is 0 Å². The van der Waals surface area contributed by atoms with E-state index in [0.29, 0.717) is 12.3 Å². The van der Waals surface area contributed by atoms with E-state index in [4.69, 9.17) is 0 Å². The van der Waals surface area contributed by atoms with Crippen LogP contribution < -0.4 is 0 Å². The predicted molar refractivity (Wildman–Crippen MR) is 64.8 cm³/mol. The molecule has 0 N–H and O–H groups in total. The Morgan fingerprint density at radius 2 is 2.06 bits per heavy atom. The van der Waals surface area contributed by atoms with Crippen LogP contribution in [0, 0.1) is 12.8 Å². The van der Waals surface area contributed by atoms with Gasteiger partial charge in [-0.25, -0.2) is 0 Å². The number of hydrogen-bond donors (Lipinski definition) is 0. The van der Waals surface area contributed by atoms with E-state index in [1.807, 2.05) is 18.2 Å². The third kappa shape index (κ3) is 2.70. The number of rotatable bonds is 3. The van der Waals surface area contributed by atoms with Crippen LogP contribution in [0.2, 0.25) is 0 Å².